The van der Waals surface area contributed by atoms with Gasteiger partial charge in [0.05, 0.1) is 10.8 Å². The van der Waals surface area contributed by atoms with Gasteiger partial charge in [-0.3, -0.25) is 0 Å². The molecule has 2 aromatic rings. The molecule has 124 valence electrons. The predicted octanol–water partition coefficient (Wildman–Crippen LogP) is 2.75. The van der Waals surface area contributed by atoms with E-state index in [4.69, 9.17) is 9.56 Å². The smallest absolute Gasteiger partial charge is 0.238 e. The van der Waals surface area contributed by atoms with Gasteiger partial charge in [0.15, 0.2) is 0 Å². The summed E-state index contributed by atoms with van der Waals surface area (Å²) in [5.74, 6) is 1.86. The quantitative estimate of drug-likeness (QED) is 0.926. The fraction of sp³-hybridized carbons (Fsp3) is 0.500. The minimum Gasteiger partial charge on any atom is -0.425 e. The highest BCUT2D eigenvalue weighted by molar-refractivity contribution is 7.89. The van der Waals surface area contributed by atoms with E-state index in [0.29, 0.717) is 11.8 Å². The SMILES string of the molecule is CC(C)c1nnc([C@H]2[C@H](c3ccc(S(N)(=O)=O)cc3)C2(C)C)o1. The lowest BCUT2D eigenvalue weighted by atomic mass is 10.0. The van der Waals surface area contributed by atoms with Crippen LogP contribution in [-0.2, 0) is 10.0 Å². The van der Waals surface area contributed by atoms with E-state index in [9.17, 15) is 8.42 Å². The zero-order valence-corrected chi connectivity index (χ0v) is 14.5. The van der Waals surface area contributed by atoms with Gasteiger partial charge in [-0.25, -0.2) is 13.6 Å². The molecule has 1 fully saturated rings. The van der Waals surface area contributed by atoms with E-state index in [1.165, 1.54) is 0 Å². The maximum absolute atomic E-state index is 11.4. The molecule has 0 unspecified atom stereocenters. The van der Waals surface area contributed by atoms with Crippen molar-refractivity contribution in [2.75, 3.05) is 0 Å². The lowest BCUT2D eigenvalue weighted by molar-refractivity contribution is 0.418. The van der Waals surface area contributed by atoms with Crippen molar-refractivity contribution in [3.63, 3.8) is 0 Å². The molecule has 1 aromatic heterocycles. The van der Waals surface area contributed by atoms with Crippen molar-refractivity contribution < 1.29 is 12.8 Å². The Hall–Kier alpha value is -1.73. The third-order valence-corrected chi connectivity index (χ3v) is 5.54. The van der Waals surface area contributed by atoms with E-state index < -0.39 is 10.0 Å². The fourth-order valence-corrected chi connectivity index (χ4v) is 3.71. The van der Waals surface area contributed by atoms with Crippen LogP contribution in [0.15, 0.2) is 33.6 Å². The van der Waals surface area contributed by atoms with E-state index in [1.54, 1.807) is 12.1 Å². The largest absolute Gasteiger partial charge is 0.425 e. The summed E-state index contributed by atoms with van der Waals surface area (Å²) >= 11 is 0. The van der Waals surface area contributed by atoms with Gasteiger partial charge < -0.3 is 4.42 Å². The maximum Gasteiger partial charge on any atom is 0.238 e. The average molecular weight is 335 g/mol. The molecule has 6 nitrogen and oxygen atoms in total. The Morgan fingerprint density at radius 2 is 1.74 bits per heavy atom. The van der Waals surface area contributed by atoms with Gasteiger partial charge in [0.2, 0.25) is 21.8 Å². The van der Waals surface area contributed by atoms with Crippen LogP contribution in [0, 0.1) is 5.41 Å². The van der Waals surface area contributed by atoms with Crippen LogP contribution in [0.1, 0.15) is 62.8 Å². The normalized spacial score (nSPS) is 23.2. The highest BCUT2D eigenvalue weighted by atomic mass is 32.2. The molecule has 23 heavy (non-hydrogen) atoms. The van der Waals surface area contributed by atoms with Crippen LogP contribution >= 0.6 is 0 Å². The monoisotopic (exact) mass is 335 g/mol. The van der Waals surface area contributed by atoms with Crippen LogP contribution in [-0.4, -0.2) is 18.6 Å². The van der Waals surface area contributed by atoms with Crippen LogP contribution in [0.4, 0.5) is 0 Å². The van der Waals surface area contributed by atoms with Crippen molar-refractivity contribution in [2.45, 2.75) is 50.3 Å². The van der Waals surface area contributed by atoms with Gasteiger partial charge in [0.1, 0.15) is 0 Å². The first-order valence-electron chi connectivity index (χ1n) is 7.58. The lowest BCUT2D eigenvalue weighted by Crippen LogP contribution is -2.11. The van der Waals surface area contributed by atoms with Crippen molar-refractivity contribution in [1.82, 2.24) is 10.2 Å². The molecule has 0 radical (unpaired) electrons. The summed E-state index contributed by atoms with van der Waals surface area (Å²) in [6.07, 6.45) is 0. The van der Waals surface area contributed by atoms with Crippen molar-refractivity contribution in [3.8, 4) is 0 Å². The number of primary sulfonamides is 1. The molecule has 0 bridgehead atoms. The summed E-state index contributed by atoms with van der Waals surface area (Å²) < 4.78 is 28.5. The van der Waals surface area contributed by atoms with Gasteiger partial charge in [-0.1, -0.05) is 39.8 Å². The summed E-state index contributed by atoms with van der Waals surface area (Å²) in [5, 5.41) is 13.4. The van der Waals surface area contributed by atoms with Crippen molar-refractivity contribution in [1.29, 1.82) is 0 Å². The van der Waals surface area contributed by atoms with Crippen LogP contribution in [0.3, 0.4) is 0 Å². The molecular weight excluding hydrogens is 314 g/mol. The van der Waals surface area contributed by atoms with Crippen LogP contribution in [0.5, 0.6) is 0 Å². The molecule has 0 saturated heterocycles. The number of hydrogen-bond acceptors (Lipinski definition) is 5. The summed E-state index contributed by atoms with van der Waals surface area (Å²) in [7, 11) is -3.67. The van der Waals surface area contributed by atoms with E-state index in [-0.39, 0.29) is 28.1 Å². The first-order chi connectivity index (χ1) is 10.6. The Balaban J connectivity index is 1.88. The number of sulfonamides is 1. The highest BCUT2D eigenvalue weighted by Gasteiger charge is 2.61. The van der Waals surface area contributed by atoms with Gasteiger partial charge in [0.25, 0.3) is 0 Å². The second-order valence-electron chi connectivity index (χ2n) is 7.02. The van der Waals surface area contributed by atoms with E-state index in [0.717, 1.165) is 5.56 Å². The van der Waals surface area contributed by atoms with Crippen molar-refractivity contribution in [3.05, 3.63) is 41.6 Å². The molecule has 0 amide bonds. The Labute approximate surface area is 136 Å². The number of benzene rings is 1. The van der Waals surface area contributed by atoms with Gasteiger partial charge >= 0.3 is 0 Å². The average Bonchev–Trinajstić information content (AvgIpc) is 2.84. The summed E-state index contributed by atoms with van der Waals surface area (Å²) in [6.45, 7) is 8.32. The van der Waals surface area contributed by atoms with Gasteiger partial charge in [-0.05, 0) is 23.1 Å². The second kappa shape index (κ2) is 5.14. The number of aromatic nitrogens is 2. The Kier molecular flexibility index (Phi) is 3.61. The molecule has 1 heterocycles. The molecule has 1 aromatic carbocycles. The lowest BCUT2D eigenvalue weighted by Gasteiger charge is -2.04. The number of hydrogen-bond donors (Lipinski definition) is 1. The Bertz CT molecular complexity index is 823. The fourth-order valence-electron chi connectivity index (χ4n) is 3.19. The summed E-state index contributed by atoms with van der Waals surface area (Å²) in [4.78, 5) is 0.121. The Morgan fingerprint density at radius 1 is 1.13 bits per heavy atom. The number of rotatable bonds is 4. The standard InChI is InChI=1S/C16H21N3O3S/c1-9(2)14-18-19-15(22-14)13-12(16(13,3)4)10-5-7-11(8-6-10)23(17,20)21/h5-9,12-13H,1-4H3,(H2,17,20,21)/t12-,13+/m0/s1. The molecule has 1 aliphatic carbocycles. The number of nitrogens with two attached hydrogens (primary N) is 1. The van der Waals surface area contributed by atoms with Gasteiger partial charge in [-0.15, -0.1) is 10.2 Å². The van der Waals surface area contributed by atoms with Gasteiger partial charge in [-0.2, -0.15) is 0 Å². The van der Waals surface area contributed by atoms with Crippen molar-refractivity contribution in [2.24, 2.45) is 10.6 Å². The Morgan fingerprint density at radius 3 is 2.22 bits per heavy atom. The minimum absolute atomic E-state index is 0.0100. The van der Waals surface area contributed by atoms with E-state index in [2.05, 4.69) is 24.0 Å². The van der Waals surface area contributed by atoms with Crippen LogP contribution in [0.25, 0.3) is 0 Å². The molecule has 2 atom stereocenters. The van der Waals surface area contributed by atoms with Gasteiger partial charge in [0, 0.05) is 11.8 Å². The van der Waals surface area contributed by atoms with Crippen LogP contribution < -0.4 is 5.14 Å². The molecule has 1 aliphatic rings. The van der Waals surface area contributed by atoms with E-state index in [1.807, 2.05) is 26.0 Å². The molecule has 3 rings (SSSR count). The first-order valence-corrected chi connectivity index (χ1v) is 9.13. The third kappa shape index (κ3) is 2.79. The predicted molar refractivity (Wildman–Crippen MR) is 85.5 cm³/mol. The zero-order valence-electron chi connectivity index (χ0n) is 13.6. The molecular formula is C16H21N3O3S. The molecule has 0 aliphatic heterocycles. The second-order valence-corrected chi connectivity index (χ2v) is 8.59. The minimum atomic E-state index is -3.67. The van der Waals surface area contributed by atoms with Crippen molar-refractivity contribution >= 4 is 10.0 Å². The third-order valence-electron chi connectivity index (χ3n) is 4.61. The maximum atomic E-state index is 11.4. The molecule has 2 N–H and O–H groups in total. The summed E-state index contributed by atoms with van der Waals surface area (Å²) in [6, 6.07) is 6.71. The summed E-state index contributed by atoms with van der Waals surface area (Å²) in [5.41, 5.74) is 1.04. The molecule has 0 spiro atoms. The number of nitrogens with zero attached hydrogens (tertiary/aromatic N) is 2. The first kappa shape index (κ1) is 16.1. The zero-order chi connectivity index (χ0) is 17.0. The molecule has 1 saturated carbocycles. The topological polar surface area (TPSA) is 99.1 Å². The highest BCUT2D eigenvalue weighted by Crippen LogP contribution is 2.69. The van der Waals surface area contributed by atoms with Crippen LogP contribution in [0.2, 0.25) is 0 Å². The van der Waals surface area contributed by atoms with E-state index >= 15 is 0 Å². The molecule has 7 heteroatoms.